The second-order valence-corrected chi connectivity index (χ2v) is 4.86. The van der Waals surface area contributed by atoms with Crippen LogP contribution >= 0.6 is 0 Å². The maximum absolute atomic E-state index is 10.9. The Labute approximate surface area is 115 Å². The Bertz CT molecular complexity index is 284. The predicted octanol–water partition coefficient (Wildman–Crippen LogP) is 3.86. The molecule has 4 heteroatoms. The lowest BCUT2D eigenvalue weighted by atomic mass is 10.0. The van der Waals surface area contributed by atoms with E-state index in [9.17, 15) is 9.59 Å². The number of carboxylic acids is 2. The zero-order valence-electron chi connectivity index (χ0n) is 11.8. The molecule has 0 aromatic heterocycles. The summed E-state index contributed by atoms with van der Waals surface area (Å²) in [5.41, 5.74) is 0. The van der Waals surface area contributed by atoms with E-state index in [1.165, 1.54) is 32.1 Å². The van der Waals surface area contributed by atoms with Gasteiger partial charge in [0.25, 0.3) is 0 Å². The maximum atomic E-state index is 10.9. The van der Waals surface area contributed by atoms with Crippen molar-refractivity contribution >= 4 is 11.9 Å². The van der Waals surface area contributed by atoms with Crippen LogP contribution in [0, 0.1) is 5.92 Å². The van der Waals surface area contributed by atoms with Crippen LogP contribution in [0.4, 0.5) is 0 Å². The number of allylic oxidation sites excluding steroid dienone is 1. The van der Waals surface area contributed by atoms with Crippen molar-refractivity contribution < 1.29 is 19.8 Å². The molecule has 1 unspecified atom stereocenters. The highest BCUT2D eigenvalue weighted by atomic mass is 16.4. The van der Waals surface area contributed by atoms with E-state index in [1.807, 2.05) is 6.08 Å². The molecule has 0 spiro atoms. The molecule has 0 radical (unpaired) electrons. The number of rotatable bonds is 12. The molecule has 110 valence electrons. The Hall–Kier alpha value is -1.32. The molecule has 0 rings (SSSR count). The minimum atomic E-state index is -0.949. The van der Waals surface area contributed by atoms with Crippen LogP contribution in [0.25, 0.3) is 0 Å². The second kappa shape index (κ2) is 11.8. The highest BCUT2D eigenvalue weighted by molar-refractivity contribution is 5.73. The van der Waals surface area contributed by atoms with E-state index in [1.54, 1.807) is 6.08 Å². The maximum Gasteiger partial charge on any atom is 0.310 e. The summed E-state index contributed by atoms with van der Waals surface area (Å²) >= 11 is 0. The molecule has 4 nitrogen and oxygen atoms in total. The van der Waals surface area contributed by atoms with E-state index in [0.29, 0.717) is 0 Å². The zero-order chi connectivity index (χ0) is 14.5. The number of hydrogen-bond donors (Lipinski definition) is 2. The van der Waals surface area contributed by atoms with Crippen molar-refractivity contribution in [1.82, 2.24) is 0 Å². The normalized spacial score (nSPS) is 12.7. The third kappa shape index (κ3) is 11.5. The Morgan fingerprint density at radius 2 is 1.68 bits per heavy atom. The van der Waals surface area contributed by atoms with Gasteiger partial charge in [0, 0.05) is 6.42 Å². The van der Waals surface area contributed by atoms with Gasteiger partial charge in [0.2, 0.25) is 0 Å². The highest BCUT2D eigenvalue weighted by Crippen LogP contribution is 2.11. The fourth-order valence-corrected chi connectivity index (χ4v) is 1.88. The van der Waals surface area contributed by atoms with Gasteiger partial charge in [0.05, 0.1) is 5.92 Å². The van der Waals surface area contributed by atoms with Crippen LogP contribution in [0.5, 0.6) is 0 Å². The molecule has 0 aliphatic heterocycles. The summed E-state index contributed by atoms with van der Waals surface area (Å²) in [6, 6.07) is 0. The number of hydrogen-bond acceptors (Lipinski definition) is 2. The van der Waals surface area contributed by atoms with E-state index in [0.717, 1.165) is 12.8 Å². The molecular weight excluding hydrogens is 244 g/mol. The lowest BCUT2D eigenvalue weighted by molar-refractivity contribution is -0.141. The smallest absolute Gasteiger partial charge is 0.310 e. The molecule has 0 aliphatic carbocycles. The van der Waals surface area contributed by atoms with E-state index in [2.05, 4.69) is 6.92 Å². The Kier molecular flexibility index (Phi) is 10.9. The van der Waals surface area contributed by atoms with E-state index < -0.39 is 17.9 Å². The molecule has 0 bridgehead atoms. The fraction of sp³-hybridized carbons (Fsp3) is 0.733. The Morgan fingerprint density at radius 1 is 1.05 bits per heavy atom. The topological polar surface area (TPSA) is 74.6 Å². The van der Waals surface area contributed by atoms with E-state index in [-0.39, 0.29) is 12.8 Å². The summed E-state index contributed by atoms with van der Waals surface area (Å²) in [6.45, 7) is 2.19. The van der Waals surface area contributed by atoms with Gasteiger partial charge in [0.1, 0.15) is 0 Å². The van der Waals surface area contributed by atoms with Crippen molar-refractivity contribution in [2.75, 3.05) is 0 Å². The van der Waals surface area contributed by atoms with Gasteiger partial charge < -0.3 is 10.2 Å². The summed E-state index contributed by atoms with van der Waals surface area (Å²) in [5.74, 6) is -2.56. The van der Waals surface area contributed by atoms with Crippen LogP contribution < -0.4 is 0 Å². The van der Waals surface area contributed by atoms with Gasteiger partial charge in [-0.3, -0.25) is 9.59 Å². The Balaban J connectivity index is 3.73. The molecular formula is C15H26O4. The molecule has 0 heterocycles. The van der Waals surface area contributed by atoms with Crippen molar-refractivity contribution in [3.63, 3.8) is 0 Å². The zero-order valence-corrected chi connectivity index (χ0v) is 11.8. The standard InChI is InChI=1S/C15H26O4/c1-2-3-4-5-6-7-8-9-10-13(15(18)19)11-12-14(16)17/h9-10,13H,2-8,11-12H2,1H3,(H,16,17)(H,18,19). The lowest BCUT2D eigenvalue weighted by Crippen LogP contribution is -2.12. The summed E-state index contributed by atoms with van der Waals surface area (Å²) in [5, 5.41) is 17.5. The van der Waals surface area contributed by atoms with Gasteiger partial charge in [-0.25, -0.2) is 0 Å². The highest BCUT2D eigenvalue weighted by Gasteiger charge is 2.14. The Morgan fingerprint density at radius 3 is 2.26 bits per heavy atom. The summed E-state index contributed by atoms with van der Waals surface area (Å²) in [4.78, 5) is 21.3. The van der Waals surface area contributed by atoms with Gasteiger partial charge in [-0.15, -0.1) is 0 Å². The molecule has 0 saturated carbocycles. The van der Waals surface area contributed by atoms with Gasteiger partial charge in [-0.1, -0.05) is 51.2 Å². The van der Waals surface area contributed by atoms with Crippen LogP contribution in [-0.2, 0) is 9.59 Å². The molecule has 0 aromatic rings. The molecule has 0 aromatic carbocycles. The van der Waals surface area contributed by atoms with Crippen LogP contribution in [0.2, 0.25) is 0 Å². The fourth-order valence-electron chi connectivity index (χ4n) is 1.88. The van der Waals surface area contributed by atoms with Gasteiger partial charge in [-0.2, -0.15) is 0 Å². The number of carbonyl (C=O) groups is 2. The number of unbranched alkanes of at least 4 members (excludes halogenated alkanes) is 6. The minimum Gasteiger partial charge on any atom is -0.481 e. The SMILES string of the molecule is CCCCCCCCC=CC(CCC(=O)O)C(=O)O. The van der Waals surface area contributed by atoms with Crippen molar-refractivity contribution in [1.29, 1.82) is 0 Å². The monoisotopic (exact) mass is 270 g/mol. The van der Waals surface area contributed by atoms with Crippen molar-refractivity contribution in [2.45, 2.75) is 64.7 Å². The molecule has 0 fully saturated rings. The van der Waals surface area contributed by atoms with Crippen molar-refractivity contribution in [2.24, 2.45) is 5.92 Å². The first-order valence-electron chi connectivity index (χ1n) is 7.19. The van der Waals surface area contributed by atoms with E-state index in [4.69, 9.17) is 10.2 Å². The van der Waals surface area contributed by atoms with Crippen LogP contribution in [-0.4, -0.2) is 22.2 Å². The number of aliphatic carboxylic acids is 2. The van der Waals surface area contributed by atoms with Crippen LogP contribution in [0.15, 0.2) is 12.2 Å². The number of carboxylic acid groups (broad SMARTS) is 2. The first-order valence-corrected chi connectivity index (χ1v) is 7.19. The third-order valence-electron chi connectivity index (χ3n) is 3.08. The third-order valence-corrected chi connectivity index (χ3v) is 3.08. The second-order valence-electron chi connectivity index (χ2n) is 4.86. The largest absolute Gasteiger partial charge is 0.481 e. The summed E-state index contributed by atoms with van der Waals surface area (Å²) in [7, 11) is 0. The average molecular weight is 270 g/mol. The molecule has 0 amide bonds. The lowest BCUT2D eigenvalue weighted by Gasteiger charge is -2.05. The van der Waals surface area contributed by atoms with Crippen LogP contribution in [0.3, 0.4) is 0 Å². The molecule has 1 atom stereocenters. The molecule has 2 N–H and O–H groups in total. The molecule has 0 saturated heterocycles. The van der Waals surface area contributed by atoms with Crippen LogP contribution in [0.1, 0.15) is 64.7 Å². The van der Waals surface area contributed by atoms with E-state index >= 15 is 0 Å². The summed E-state index contributed by atoms with van der Waals surface area (Å²) in [6.07, 6.45) is 11.7. The minimum absolute atomic E-state index is 0.0989. The van der Waals surface area contributed by atoms with Gasteiger partial charge >= 0.3 is 11.9 Å². The molecule has 19 heavy (non-hydrogen) atoms. The van der Waals surface area contributed by atoms with Gasteiger partial charge in [-0.05, 0) is 19.3 Å². The first-order chi connectivity index (χ1) is 9.07. The summed E-state index contributed by atoms with van der Waals surface area (Å²) < 4.78 is 0. The first kappa shape index (κ1) is 17.7. The van der Waals surface area contributed by atoms with Crippen molar-refractivity contribution in [3.05, 3.63) is 12.2 Å². The average Bonchev–Trinajstić information content (AvgIpc) is 2.35. The quantitative estimate of drug-likeness (QED) is 0.417. The predicted molar refractivity (Wildman–Crippen MR) is 75.1 cm³/mol. The van der Waals surface area contributed by atoms with Crippen molar-refractivity contribution in [3.8, 4) is 0 Å². The molecule has 0 aliphatic rings. The van der Waals surface area contributed by atoms with Gasteiger partial charge in [0.15, 0.2) is 0 Å².